The number of halogens is 1. The van der Waals surface area contributed by atoms with Crippen LogP contribution in [-0.2, 0) is 13.0 Å². The summed E-state index contributed by atoms with van der Waals surface area (Å²) in [5, 5.41) is 7.31. The molecule has 6 heteroatoms. The van der Waals surface area contributed by atoms with Crippen molar-refractivity contribution in [3.05, 3.63) is 11.7 Å². The van der Waals surface area contributed by atoms with Gasteiger partial charge < -0.3 is 9.84 Å². The molecule has 5 nitrogen and oxygen atoms in total. The number of nitrogens with zero attached hydrogens (tertiary/aromatic N) is 3. The molecule has 0 aliphatic carbocycles. The summed E-state index contributed by atoms with van der Waals surface area (Å²) in [6, 6.07) is 0.603. The topological polar surface area (TPSA) is 54.2 Å². The molecule has 1 saturated heterocycles. The van der Waals surface area contributed by atoms with Gasteiger partial charge in [-0.15, -0.1) is 12.4 Å². The average molecular weight is 261 g/mol. The third kappa shape index (κ3) is 3.94. The van der Waals surface area contributed by atoms with Crippen LogP contribution in [-0.4, -0.2) is 41.2 Å². The van der Waals surface area contributed by atoms with Gasteiger partial charge in [0.1, 0.15) is 0 Å². The highest BCUT2D eigenvalue weighted by atomic mass is 35.5. The van der Waals surface area contributed by atoms with Crippen molar-refractivity contribution in [3.8, 4) is 0 Å². The Balaban J connectivity index is 0.00000144. The summed E-state index contributed by atoms with van der Waals surface area (Å²) in [5.41, 5.74) is 0. The predicted octanol–water partition coefficient (Wildman–Crippen LogP) is 1.24. The molecule has 0 bridgehead atoms. The number of likely N-dealkylation sites (N-methyl/N-ethyl adjacent to an activating group) is 1. The normalized spacial score (nSPS) is 21.2. The molecule has 17 heavy (non-hydrogen) atoms. The van der Waals surface area contributed by atoms with Crippen molar-refractivity contribution in [1.29, 1.82) is 0 Å². The fourth-order valence-electron chi connectivity index (χ4n) is 2.13. The Kier molecular flexibility index (Phi) is 5.88. The van der Waals surface area contributed by atoms with E-state index in [0.717, 1.165) is 37.8 Å². The maximum absolute atomic E-state index is 5.11. The smallest absolute Gasteiger partial charge is 0.226 e. The number of hydrogen-bond acceptors (Lipinski definition) is 5. The Morgan fingerprint density at radius 3 is 3.00 bits per heavy atom. The molecule has 1 N–H and O–H groups in total. The van der Waals surface area contributed by atoms with Gasteiger partial charge in [-0.1, -0.05) is 12.1 Å². The van der Waals surface area contributed by atoms with Crippen LogP contribution in [0.2, 0.25) is 0 Å². The molecule has 2 rings (SSSR count). The third-order valence-corrected chi connectivity index (χ3v) is 3.09. The van der Waals surface area contributed by atoms with E-state index in [0.29, 0.717) is 6.04 Å². The van der Waals surface area contributed by atoms with Gasteiger partial charge in [-0.3, -0.25) is 4.90 Å². The van der Waals surface area contributed by atoms with Gasteiger partial charge in [-0.2, -0.15) is 4.98 Å². The van der Waals surface area contributed by atoms with E-state index in [2.05, 4.69) is 20.4 Å². The van der Waals surface area contributed by atoms with E-state index in [1.165, 1.54) is 12.8 Å². The minimum atomic E-state index is 0. The van der Waals surface area contributed by atoms with E-state index in [1.54, 1.807) is 0 Å². The van der Waals surface area contributed by atoms with Crippen molar-refractivity contribution < 1.29 is 4.52 Å². The molecule has 98 valence electrons. The van der Waals surface area contributed by atoms with Crippen molar-refractivity contribution in [2.45, 2.75) is 38.8 Å². The van der Waals surface area contributed by atoms with Crippen molar-refractivity contribution >= 4 is 12.4 Å². The summed E-state index contributed by atoms with van der Waals surface area (Å²) in [5.74, 6) is 1.55. The van der Waals surface area contributed by atoms with E-state index >= 15 is 0 Å². The summed E-state index contributed by atoms with van der Waals surface area (Å²) in [4.78, 5) is 6.72. The van der Waals surface area contributed by atoms with Crippen LogP contribution < -0.4 is 5.32 Å². The molecule has 1 unspecified atom stereocenters. The maximum atomic E-state index is 5.11. The fraction of sp³-hybridized carbons (Fsp3) is 0.818. The number of nitrogens with one attached hydrogen (secondary N) is 1. The Bertz CT molecular complexity index is 331. The van der Waals surface area contributed by atoms with Crippen molar-refractivity contribution in [2.75, 3.05) is 20.1 Å². The second-order valence-corrected chi connectivity index (χ2v) is 4.32. The van der Waals surface area contributed by atoms with Gasteiger partial charge in [0.25, 0.3) is 0 Å². The summed E-state index contributed by atoms with van der Waals surface area (Å²) < 4.78 is 5.11. The quantitative estimate of drug-likeness (QED) is 0.883. The summed E-state index contributed by atoms with van der Waals surface area (Å²) in [6.45, 7) is 5.04. The van der Waals surface area contributed by atoms with Crippen LogP contribution in [0.4, 0.5) is 0 Å². The highest BCUT2D eigenvalue weighted by molar-refractivity contribution is 5.85. The molecule has 2 heterocycles. The molecule has 0 aromatic carbocycles. The molecule has 0 saturated carbocycles. The van der Waals surface area contributed by atoms with Crippen LogP contribution in [0.1, 0.15) is 31.5 Å². The molecular formula is C11H21ClN4O. The van der Waals surface area contributed by atoms with Gasteiger partial charge in [0, 0.05) is 19.0 Å². The predicted molar refractivity (Wildman–Crippen MR) is 68.3 cm³/mol. The SMILES string of the molecule is CCc1nc(CN2CCCC(NC)C2)no1.Cl. The number of piperidine rings is 1. The fourth-order valence-corrected chi connectivity index (χ4v) is 2.13. The minimum Gasteiger partial charge on any atom is -0.339 e. The highest BCUT2D eigenvalue weighted by Gasteiger charge is 2.19. The molecule has 1 aromatic heterocycles. The zero-order chi connectivity index (χ0) is 11.4. The molecule has 1 atom stereocenters. The monoisotopic (exact) mass is 260 g/mol. The molecule has 1 fully saturated rings. The van der Waals surface area contributed by atoms with Crippen molar-refractivity contribution in [3.63, 3.8) is 0 Å². The van der Waals surface area contributed by atoms with Gasteiger partial charge in [-0.05, 0) is 26.4 Å². The first-order chi connectivity index (χ1) is 7.81. The van der Waals surface area contributed by atoms with Gasteiger partial charge in [0.2, 0.25) is 5.89 Å². The van der Waals surface area contributed by atoms with Crippen LogP contribution in [0.5, 0.6) is 0 Å². The van der Waals surface area contributed by atoms with Crippen LogP contribution in [0.25, 0.3) is 0 Å². The van der Waals surface area contributed by atoms with E-state index in [4.69, 9.17) is 4.52 Å². The lowest BCUT2D eigenvalue weighted by atomic mass is 10.1. The van der Waals surface area contributed by atoms with Gasteiger partial charge >= 0.3 is 0 Å². The first-order valence-corrected chi connectivity index (χ1v) is 6.03. The highest BCUT2D eigenvalue weighted by Crippen LogP contribution is 2.12. The van der Waals surface area contributed by atoms with Crippen molar-refractivity contribution in [2.24, 2.45) is 0 Å². The van der Waals surface area contributed by atoms with E-state index < -0.39 is 0 Å². The van der Waals surface area contributed by atoms with Crippen LogP contribution >= 0.6 is 12.4 Å². The standard InChI is InChI=1S/C11H20N4O.ClH/c1-3-11-13-10(14-16-11)8-15-6-4-5-9(7-15)12-2;/h9,12H,3-8H2,1-2H3;1H. The lowest BCUT2D eigenvalue weighted by Gasteiger charge is -2.31. The summed E-state index contributed by atoms with van der Waals surface area (Å²) in [6.07, 6.45) is 3.32. The first kappa shape index (κ1) is 14.4. The number of rotatable bonds is 4. The zero-order valence-corrected chi connectivity index (χ0v) is 11.3. The zero-order valence-electron chi connectivity index (χ0n) is 10.5. The lowest BCUT2D eigenvalue weighted by molar-refractivity contribution is 0.182. The molecule has 0 radical (unpaired) electrons. The summed E-state index contributed by atoms with van der Waals surface area (Å²) in [7, 11) is 2.03. The van der Waals surface area contributed by atoms with E-state index in [-0.39, 0.29) is 12.4 Å². The first-order valence-electron chi connectivity index (χ1n) is 6.03. The number of aryl methyl sites for hydroxylation is 1. The Labute approximate surface area is 108 Å². The summed E-state index contributed by atoms with van der Waals surface area (Å²) >= 11 is 0. The molecular weight excluding hydrogens is 240 g/mol. The largest absolute Gasteiger partial charge is 0.339 e. The second-order valence-electron chi connectivity index (χ2n) is 4.32. The average Bonchev–Trinajstić information content (AvgIpc) is 2.77. The Morgan fingerprint density at radius 2 is 2.35 bits per heavy atom. The number of hydrogen-bond donors (Lipinski definition) is 1. The number of aromatic nitrogens is 2. The van der Waals surface area contributed by atoms with E-state index in [1.807, 2.05) is 14.0 Å². The molecule has 0 amide bonds. The van der Waals surface area contributed by atoms with Crippen molar-refractivity contribution in [1.82, 2.24) is 20.4 Å². The van der Waals surface area contributed by atoms with Crippen LogP contribution in [0, 0.1) is 0 Å². The Hall–Kier alpha value is -0.650. The molecule has 1 aromatic rings. The Morgan fingerprint density at radius 1 is 1.53 bits per heavy atom. The minimum absolute atomic E-state index is 0. The second kappa shape index (κ2) is 6.93. The van der Waals surface area contributed by atoms with Gasteiger partial charge in [0.05, 0.1) is 6.54 Å². The van der Waals surface area contributed by atoms with Crippen LogP contribution in [0.15, 0.2) is 4.52 Å². The third-order valence-electron chi connectivity index (χ3n) is 3.09. The lowest BCUT2D eigenvalue weighted by Crippen LogP contribution is -2.44. The van der Waals surface area contributed by atoms with Gasteiger partial charge in [-0.25, -0.2) is 0 Å². The molecule has 1 aliphatic heterocycles. The maximum Gasteiger partial charge on any atom is 0.226 e. The van der Waals surface area contributed by atoms with Gasteiger partial charge in [0.15, 0.2) is 5.82 Å². The molecule has 1 aliphatic rings. The number of likely N-dealkylation sites (tertiary alicyclic amines) is 1. The molecule has 0 spiro atoms. The van der Waals surface area contributed by atoms with Crippen LogP contribution in [0.3, 0.4) is 0 Å². The van der Waals surface area contributed by atoms with E-state index in [9.17, 15) is 0 Å².